The van der Waals surface area contributed by atoms with Crippen LogP contribution in [0.25, 0.3) is 0 Å². The first-order valence-corrected chi connectivity index (χ1v) is 6.86. The molecule has 1 fully saturated rings. The van der Waals surface area contributed by atoms with Crippen LogP contribution in [0.15, 0.2) is 29.3 Å². The van der Waals surface area contributed by atoms with Gasteiger partial charge in [0.05, 0.1) is 0 Å². The van der Waals surface area contributed by atoms with E-state index in [9.17, 15) is 0 Å². The summed E-state index contributed by atoms with van der Waals surface area (Å²) in [6, 6.07) is 7.20. The van der Waals surface area contributed by atoms with Crippen LogP contribution < -0.4 is 10.2 Å². The summed E-state index contributed by atoms with van der Waals surface area (Å²) in [5.74, 6) is 0.708. The van der Waals surface area contributed by atoms with E-state index in [4.69, 9.17) is 14.8 Å². The van der Waals surface area contributed by atoms with E-state index in [2.05, 4.69) is 4.99 Å². The van der Waals surface area contributed by atoms with Gasteiger partial charge in [0.15, 0.2) is 0 Å². The number of benzene rings is 1. The van der Waals surface area contributed by atoms with Gasteiger partial charge >= 0.3 is 7.12 Å². The minimum atomic E-state index is -1.43. The summed E-state index contributed by atoms with van der Waals surface area (Å²) >= 11 is 0. The van der Waals surface area contributed by atoms with Gasteiger partial charge in [-0.1, -0.05) is 31.4 Å². The summed E-state index contributed by atoms with van der Waals surface area (Å²) in [4.78, 5) is 4.51. The van der Waals surface area contributed by atoms with Crippen molar-refractivity contribution < 1.29 is 14.8 Å². The molecule has 0 saturated heterocycles. The Labute approximate surface area is 114 Å². The van der Waals surface area contributed by atoms with Gasteiger partial charge in [0.1, 0.15) is 12.4 Å². The molecule has 1 aliphatic rings. The second kappa shape index (κ2) is 7.31. The van der Waals surface area contributed by atoms with E-state index in [1.54, 1.807) is 24.3 Å². The first-order valence-electron chi connectivity index (χ1n) is 6.86. The molecule has 0 spiro atoms. The maximum atomic E-state index is 8.97. The molecule has 0 bridgehead atoms. The van der Waals surface area contributed by atoms with Crippen molar-refractivity contribution in [1.82, 2.24) is 0 Å². The lowest BCUT2D eigenvalue weighted by Crippen LogP contribution is -2.29. The van der Waals surface area contributed by atoms with E-state index < -0.39 is 7.12 Å². The topological polar surface area (TPSA) is 62.0 Å². The SMILES string of the molecule is OB(O)c1ccc(OCC=NC2CCCCC2)cc1. The fraction of sp³-hybridized carbons (Fsp3) is 0.500. The number of rotatable bonds is 5. The predicted molar refractivity (Wildman–Crippen MR) is 77.1 cm³/mol. The zero-order valence-electron chi connectivity index (χ0n) is 11.0. The van der Waals surface area contributed by atoms with E-state index in [1.165, 1.54) is 32.1 Å². The Morgan fingerprint density at radius 1 is 1.16 bits per heavy atom. The molecular formula is C14H20BNO3. The molecule has 4 nitrogen and oxygen atoms in total. The van der Waals surface area contributed by atoms with Gasteiger partial charge in [-0.2, -0.15) is 0 Å². The number of nitrogens with zero attached hydrogens (tertiary/aromatic N) is 1. The van der Waals surface area contributed by atoms with Crippen LogP contribution in [-0.2, 0) is 0 Å². The molecule has 1 saturated carbocycles. The lowest BCUT2D eigenvalue weighted by atomic mass is 9.80. The van der Waals surface area contributed by atoms with Gasteiger partial charge in [0.25, 0.3) is 0 Å². The summed E-state index contributed by atoms with van der Waals surface area (Å²) < 4.78 is 5.52. The van der Waals surface area contributed by atoms with Gasteiger partial charge in [0, 0.05) is 12.3 Å². The quantitative estimate of drug-likeness (QED) is 0.617. The molecule has 102 valence electrons. The molecule has 1 aliphatic carbocycles. The average Bonchev–Trinajstić information content (AvgIpc) is 2.45. The minimum Gasteiger partial charge on any atom is -0.488 e. The largest absolute Gasteiger partial charge is 0.488 e. The highest BCUT2D eigenvalue weighted by Crippen LogP contribution is 2.19. The number of aliphatic imine (C=N–C) groups is 1. The maximum absolute atomic E-state index is 8.97. The molecule has 0 radical (unpaired) electrons. The van der Waals surface area contributed by atoms with Gasteiger partial charge in [-0.05, 0) is 30.4 Å². The van der Waals surface area contributed by atoms with Crippen LogP contribution >= 0.6 is 0 Å². The lowest BCUT2D eigenvalue weighted by molar-refractivity contribution is 0.377. The number of hydrogen-bond acceptors (Lipinski definition) is 4. The first-order chi connectivity index (χ1) is 9.25. The monoisotopic (exact) mass is 261 g/mol. The van der Waals surface area contributed by atoms with E-state index in [1.807, 2.05) is 6.21 Å². The van der Waals surface area contributed by atoms with Gasteiger partial charge < -0.3 is 14.8 Å². The molecule has 1 aromatic rings. The molecule has 0 aromatic heterocycles. The van der Waals surface area contributed by atoms with Crippen molar-refractivity contribution in [3.63, 3.8) is 0 Å². The molecule has 0 amide bonds. The average molecular weight is 261 g/mol. The highest BCUT2D eigenvalue weighted by Gasteiger charge is 2.11. The van der Waals surface area contributed by atoms with E-state index >= 15 is 0 Å². The fourth-order valence-corrected chi connectivity index (χ4v) is 2.29. The van der Waals surface area contributed by atoms with E-state index in [0.717, 1.165) is 0 Å². The molecule has 0 atom stereocenters. The van der Waals surface area contributed by atoms with Gasteiger partial charge in [0.2, 0.25) is 0 Å². The van der Waals surface area contributed by atoms with Crippen LogP contribution in [0.1, 0.15) is 32.1 Å². The maximum Gasteiger partial charge on any atom is 0.488 e. The molecule has 0 unspecified atom stereocenters. The summed E-state index contributed by atoms with van der Waals surface area (Å²) in [5, 5.41) is 17.9. The third kappa shape index (κ3) is 4.69. The fourth-order valence-electron chi connectivity index (χ4n) is 2.29. The smallest absolute Gasteiger partial charge is 0.488 e. The zero-order valence-corrected chi connectivity index (χ0v) is 11.0. The normalized spacial score (nSPS) is 16.7. The Hall–Kier alpha value is -1.33. The first kappa shape index (κ1) is 14.1. The summed E-state index contributed by atoms with van der Waals surface area (Å²) in [6.07, 6.45) is 8.14. The predicted octanol–water partition coefficient (Wildman–Crippen LogP) is 1.15. The molecular weight excluding hydrogens is 241 g/mol. The van der Waals surface area contributed by atoms with Crippen molar-refractivity contribution in [3.05, 3.63) is 24.3 Å². The van der Waals surface area contributed by atoms with Crippen molar-refractivity contribution in [1.29, 1.82) is 0 Å². The molecule has 2 N–H and O–H groups in total. The molecule has 1 aromatic carbocycles. The molecule has 0 heterocycles. The highest BCUT2D eigenvalue weighted by atomic mass is 16.5. The third-order valence-corrected chi connectivity index (χ3v) is 3.39. The second-order valence-corrected chi connectivity index (χ2v) is 4.88. The van der Waals surface area contributed by atoms with Crippen LogP contribution in [0.3, 0.4) is 0 Å². The summed E-state index contributed by atoms with van der Waals surface area (Å²) in [5.41, 5.74) is 0.461. The number of hydrogen-bond donors (Lipinski definition) is 2. The molecule has 5 heteroatoms. The Balaban J connectivity index is 1.74. The van der Waals surface area contributed by atoms with Crippen molar-refractivity contribution in [2.24, 2.45) is 4.99 Å². The van der Waals surface area contributed by atoms with Crippen LogP contribution in [0, 0.1) is 0 Å². The molecule has 2 rings (SSSR count). The summed E-state index contributed by atoms with van der Waals surface area (Å²) in [6.45, 7) is 0.456. The van der Waals surface area contributed by atoms with Crippen molar-refractivity contribution in [2.45, 2.75) is 38.1 Å². The van der Waals surface area contributed by atoms with Gasteiger partial charge in [-0.3, -0.25) is 4.99 Å². The van der Waals surface area contributed by atoms with E-state index in [0.29, 0.717) is 23.9 Å². The van der Waals surface area contributed by atoms with Crippen LogP contribution in [-0.4, -0.2) is 36.0 Å². The van der Waals surface area contributed by atoms with Crippen molar-refractivity contribution in [3.8, 4) is 5.75 Å². The Kier molecular flexibility index (Phi) is 5.42. The molecule has 0 aliphatic heterocycles. The minimum absolute atomic E-state index is 0.456. The lowest BCUT2D eigenvalue weighted by Gasteiger charge is -2.17. The van der Waals surface area contributed by atoms with Gasteiger partial charge in [-0.25, -0.2) is 0 Å². The van der Waals surface area contributed by atoms with Crippen molar-refractivity contribution in [2.75, 3.05) is 6.61 Å². The van der Waals surface area contributed by atoms with Gasteiger partial charge in [-0.15, -0.1) is 0 Å². The second-order valence-electron chi connectivity index (χ2n) is 4.88. The highest BCUT2D eigenvalue weighted by molar-refractivity contribution is 6.58. The standard InChI is InChI=1S/C14H20BNO3/c17-15(18)12-6-8-14(9-7-12)19-11-10-16-13-4-2-1-3-5-13/h6-10,13,17-18H,1-5,11H2. The van der Waals surface area contributed by atoms with Crippen LogP contribution in [0.2, 0.25) is 0 Å². The van der Waals surface area contributed by atoms with Crippen LogP contribution in [0.4, 0.5) is 0 Å². The Bertz CT molecular complexity index is 400. The Morgan fingerprint density at radius 2 is 1.84 bits per heavy atom. The van der Waals surface area contributed by atoms with Crippen molar-refractivity contribution >= 4 is 18.8 Å². The zero-order chi connectivity index (χ0) is 13.5. The molecule has 19 heavy (non-hydrogen) atoms. The van der Waals surface area contributed by atoms with E-state index in [-0.39, 0.29) is 0 Å². The van der Waals surface area contributed by atoms with Crippen LogP contribution in [0.5, 0.6) is 5.75 Å². The third-order valence-electron chi connectivity index (χ3n) is 3.39. The Morgan fingerprint density at radius 3 is 2.47 bits per heavy atom. The number of ether oxygens (including phenoxy) is 1. The summed E-state index contributed by atoms with van der Waals surface area (Å²) in [7, 11) is -1.43.